The van der Waals surface area contributed by atoms with Crippen LogP contribution in [0.15, 0.2) is 18.2 Å². The van der Waals surface area contributed by atoms with Crippen molar-refractivity contribution in [2.75, 3.05) is 6.54 Å². The molecular weight excluding hydrogens is 213 g/mol. The fraction of sp³-hybridized carbons (Fsp3) is 0.455. The second-order valence-electron chi connectivity index (χ2n) is 3.64. The number of halogens is 1. The summed E-state index contributed by atoms with van der Waals surface area (Å²) in [6, 6.07) is 4.56. The second-order valence-corrected chi connectivity index (χ2v) is 5.50. The molecule has 0 aliphatic rings. The SMILES string of the molecule is Cc1ccc(F)cc1CS(=O)C(C)CN. The molecular formula is C11H16FNOS. The molecule has 0 heterocycles. The van der Waals surface area contributed by atoms with E-state index in [9.17, 15) is 8.60 Å². The van der Waals surface area contributed by atoms with E-state index in [1.54, 1.807) is 6.07 Å². The Bertz CT molecular complexity index is 368. The van der Waals surface area contributed by atoms with Gasteiger partial charge < -0.3 is 5.73 Å². The fourth-order valence-corrected chi connectivity index (χ4v) is 2.32. The summed E-state index contributed by atoms with van der Waals surface area (Å²) >= 11 is 0. The first-order valence-electron chi connectivity index (χ1n) is 4.87. The molecule has 0 radical (unpaired) electrons. The van der Waals surface area contributed by atoms with E-state index in [0.29, 0.717) is 12.3 Å². The van der Waals surface area contributed by atoms with Gasteiger partial charge in [0.05, 0.1) is 0 Å². The van der Waals surface area contributed by atoms with E-state index in [4.69, 9.17) is 5.73 Å². The summed E-state index contributed by atoms with van der Waals surface area (Å²) in [5, 5.41) is -0.0485. The molecule has 4 heteroatoms. The van der Waals surface area contributed by atoms with E-state index in [0.717, 1.165) is 11.1 Å². The third-order valence-corrected chi connectivity index (χ3v) is 4.08. The largest absolute Gasteiger partial charge is 0.329 e. The quantitative estimate of drug-likeness (QED) is 0.854. The van der Waals surface area contributed by atoms with Gasteiger partial charge in [0.25, 0.3) is 0 Å². The Morgan fingerprint density at radius 3 is 2.80 bits per heavy atom. The number of nitrogens with two attached hydrogens (primary N) is 1. The van der Waals surface area contributed by atoms with Gasteiger partial charge in [0.15, 0.2) is 0 Å². The lowest BCUT2D eigenvalue weighted by atomic mass is 10.1. The van der Waals surface area contributed by atoms with Crippen molar-refractivity contribution in [3.63, 3.8) is 0 Å². The Morgan fingerprint density at radius 1 is 1.53 bits per heavy atom. The molecule has 1 aromatic rings. The van der Waals surface area contributed by atoms with Gasteiger partial charge in [0.2, 0.25) is 0 Å². The van der Waals surface area contributed by atoms with E-state index in [1.807, 2.05) is 13.8 Å². The molecule has 1 rings (SSSR count). The van der Waals surface area contributed by atoms with Crippen LogP contribution >= 0.6 is 0 Å². The van der Waals surface area contributed by atoms with Crippen LogP contribution in [0.3, 0.4) is 0 Å². The predicted octanol–water partition coefficient (Wildman–Crippen LogP) is 1.73. The molecule has 15 heavy (non-hydrogen) atoms. The van der Waals surface area contributed by atoms with Crippen LogP contribution in [0.4, 0.5) is 4.39 Å². The van der Waals surface area contributed by atoms with E-state index in [-0.39, 0.29) is 11.1 Å². The molecule has 1 aromatic carbocycles. The van der Waals surface area contributed by atoms with Crippen molar-refractivity contribution in [3.05, 3.63) is 35.1 Å². The standard InChI is InChI=1S/C11H16FNOS/c1-8-3-4-11(12)5-10(8)7-15(14)9(2)6-13/h3-5,9H,6-7,13H2,1-2H3. The molecule has 0 saturated carbocycles. The van der Waals surface area contributed by atoms with Gasteiger partial charge in [-0.3, -0.25) is 4.21 Å². The molecule has 0 amide bonds. The monoisotopic (exact) mass is 229 g/mol. The summed E-state index contributed by atoms with van der Waals surface area (Å²) in [7, 11) is -1.03. The average Bonchev–Trinajstić information content (AvgIpc) is 2.22. The first-order chi connectivity index (χ1) is 7.04. The Balaban J connectivity index is 2.80. The summed E-state index contributed by atoms with van der Waals surface area (Å²) in [6.07, 6.45) is 0. The summed E-state index contributed by atoms with van der Waals surface area (Å²) in [5.74, 6) is 0.0927. The van der Waals surface area contributed by atoms with Gasteiger partial charge in [-0.2, -0.15) is 0 Å². The number of aryl methyl sites for hydroxylation is 1. The molecule has 0 bridgehead atoms. The zero-order valence-electron chi connectivity index (χ0n) is 9.00. The minimum atomic E-state index is -1.03. The molecule has 84 valence electrons. The maximum absolute atomic E-state index is 13.0. The smallest absolute Gasteiger partial charge is 0.123 e. The summed E-state index contributed by atoms with van der Waals surface area (Å²) < 4.78 is 24.7. The van der Waals surface area contributed by atoms with Crippen LogP contribution in [-0.4, -0.2) is 16.0 Å². The Kier molecular flexibility index (Phi) is 4.42. The Morgan fingerprint density at radius 2 is 2.20 bits per heavy atom. The van der Waals surface area contributed by atoms with E-state index >= 15 is 0 Å². The third-order valence-electron chi connectivity index (χ3n) is 2.39. The number of hydrogen-bond acceptors (Lipinski definition) is 2. The van der Waals surface area contributed by atoms with Crippen molar-refractivity contribution in [1.82, 2.24) is 0 Å². The highest BCUT2D eigenvalue weighted by molar-refractivity contribution is 7.84. The molecule has 2 N–H and O–H groups in total. The lowest BCUT2D eigenvalue weighted by Gasteiger charge is -2.10. The maximum atomic E-state index is 13.0. The molecule has 0 fully saturated rings. The third kappa shape index (κ3) is 3.39. The van der Waals surface area contributed by atoms with Crippen molar-refractivity contribution in [2.24, 2.45) is 5.73 Å². The van der Waals surface area contributed by atoms with E-state index < -0.39 is 10.8 Å². The van der Waals surface area contributed by atoms with Crippen LogP contribution in [0.25, 0.3) is 0 Å². The molecule has 0 aliphatic heterocycles. The topological polar surface area (TPSA) is 43.1 Å². The molecule has 0 saturated heterocycles. The van der Waals surface area contributed by atoms with Crippen LogP contribution in [0.1, 0.15) is 18.1 Å². The lowest BCUT2D eigenvalue weighted by molar-refractivity contribution is 0.625. The van der Waals surface area contributed by atoms with Gasteiger partial charge in [-0.1, -0.05) is 6.07 Å². The van der Waals surface area contributed by atoms with E-state index in [1.165, 1.54) is 12.1 Å². The number of benzene rings is 1. The van der Waals surface area contributed by atoms with Crippen molar-refractivity contribution < 1.29 is 8.60 Å². The van der Waals surface area contributed by atoms with Gasteiger partial charge in [-0.05, 0) is 37.1 Å². The van der Waals surface area contributed by atoms with Crippen molar-refractivity contribution in [2.45, 2.75) is 24.9 Å². The minimum absolute atomic E-state index is 0.0485. The molecule has 2 atom stereocenters. The lowest BCUT2D eigenvalue weighted by Crippen LogP contribution is -2.23. The second kappa shape index (κ2) is 5.37. The van der Waals surface area contributed by atoms with Gasteiger partial charge in [-0.15, -0.1) is 0 Å². The molecule has 2 nitrogen and oxygen atoms in total. The highest BCUT2D eigenvalue weighted by Crippen LogP contribution is 2.13. The van der Waals surface area contributed by atoms with Crippen LogP contribution in [0, 0.1) is 12.7 Å². The number of hydrogen-bond donors (Lipinski definition) is 1. The fourth-order valence-electron chi connectivity index (χ4n) is 1.20. The molecule has 0 spiro atoms. The van der Waals surface area contributed by atoms with Crippen molar-refractivity contribution >= 4 is 10.8 Å². The number of rotatable bonds is 4. The van der Waals surface area contributed by atoms with Crippen LogP contribution < -0.4 is 5.73 Å². The van der Waals surface area contributed by atoms with Crippen LogP contribution in [0.2, 0.25) is 0 Å². The first-order valence-corrected chi connectivity index (χ1v) is 6.25. The van der Waals surface area contributed by atoms with Gasteiger partial charge in [0, 0.05) is 28.3 Å². The summed E-state index contributed by atoms with van der Waals surface area (Å²) in [5.41, 5.74) is 7.19. The van der Waals surface area contributed by atoms with Gasteiger partial charge in [0.1, 0.15) is 5.82 Å². The van der Waals surface area contributed by atoms with Gasteiger partial charge >= 0.3 is 0 Å². The minimum Gasteiger partial charge on any atom is -0.329 e. The highest BCUT2D eigenvalue weighted by Gasteiger charge is 2.11. The zero-order valence-corrected chi connectivity index (χ0v) is 9.81. The van der Waals surface area contributed by atoms with Crippen molar-refractivity contribution in [1.29, 1.82) is 0 Å². The zero-order chi connectivity index (χ0) is 11.4. The molecule has 2 unspecified atom stereocenters. The first kappa shape index (κ1) is 12.3. The normalized spacial score (nSPS) is 14.9. The van der Waals surface area contributed by atoms with Crippen LogP contribution in [0.5, 0.6) is 0 Å². The molecule has 0 aromatic heterocycles. The van der Waals surface area contributed by atoms with Crippen molar-refractivity contribution in [3.8, 4) is 0 Å². The molecule has 0 aliphatic carbocycles. The Hall–Kier alpha value is -0.740. The van der Waals surface area contributed by atoms with E-state index in [2.05, 4.69) is 0 Å². The summed E-state index contributed by atoms with van der Waals surface area (Å²) in [4.78, 5) is 0. The maximum Gasteiger partial charge on any atom is 0.123 e. The summed E-state index contributed by atoms with van der Waals surface area (Å²) in [6.45, 7) is 4.12. The predicted molar refractivity (Wildman–Crippen MR) is 61.5 cm³/mol. The van der Waals surface area contributed by atoms with Crippen LogP contribution in [-0.2, 0) is 16.6 Å². The van der Waals surface area contributed by atoms with Gasteiger partial charge in [-0.25, -0.2) is 4.39 Å². The highest BCUT2D eigenvalue weighted by atomic mass is 32.2. The average molecular weight is 229 g/mol. The Labute approximate surface area is 92.1 Å².